The molecule has 4 heterocycles. The van der Waals surface area contributed by atoms with Gasteiger partial charge in [0.05, 0.1) is 13.4 Å². The van der Waals surface area contributed by atoms with E-state index in [1.807, 2.05) is 12.1 Å². The van der Waals surface area contributed by atoms with Gasteiger partial charge in [-0.15, -0.1) is 0 Å². The Morgan fingerprint density at radius 1 is 1.10 bits per heavy atom. The molecule has 1 aromatic carbocycles. The molecule has 6 rings (SSSR count). The van der Waals surface area contributed by atoms with Crippen LogP contribution in [0.4, 0.5) is 5.69 Å². The molecule has 0 amide bonds. The molecule has 160 valence electrons. The van der Waals surface area contributed by atoms with Crippen LogP contribution in [0.25, 0.3) is 11.2 Å². The summed E-state index contributed by atoms with van der Waals surface area (Å²) in [5, 5.41) is 3.48. The van der Waals surface area contributed by atoms with E-state index in [-0.39, 0.29) is 12.1 Å². The van der Waals surface area contributed by atoms with Gasteiger partial charge < -0.3 is 18.7 Å². The third kappa shape index (κ3) is 3.88. The molecule has 0 N–H and O–H groups in total. The van der Waals surface area contributed by atoms with Crippen molar-refractivity contribution in [1.82, 2.24) is 29.2 Å². The van der Waals surface area contributed by atoms with Crippen molar-refractivity contribution in [2.24, 2.45) is 18.9 Å². The number of nitrogens with zero attached hydrogens (tertiary/aromatic N) is 7. The second-order valence-corrected chi connectivity index (χ2v) is 7.90. The largest absolute Gasteiger partial charge is 0.497 e. The monoisotopic (exact) mass is 421 g/mol. The molecular weight excluding hydrogens is 398 g/mol. The van der Waals surface area contributed by atoms with Gasteiger partial charge in [0.1, 0.15) is 18.6 Å². The molecule has 0 radical (unpaired) electrons. The lowest BCUT2D eigenvalue weighted by molar-refractivity contribution is 0.368. The number of anilines is 1. The maximum atomic E-state index is 12.1. The molecule has 1 saturated carbocycles. The highest BCUT2D eigenvalue weighted by molar-refractivity contribution is 5.68. The number of hydrogen-bond acceptors (Lipinski definition) is 8. The molecule has 2 fully saturated rings. The Hall–Kier alpha value is -3.69. The lowest BCUT2D eigenvalue weighted by Gasteiger charge is -2.20. The fourth-order valence-electron chi connectivity index (χ4n) is 4.00. The zero-order chi connectivity index (χ0) is 21.4. The standard InChI is InChI=1S/C12H15NO.C9H8N6O2/c1-14-12-4-2-11(3-5-12)13-7-9-6-10(9)8-13;1-14-4-11-8-7(14)9(16)15(5-12-8)2-6-10-3-13-17-6/h2-5,9-10H,6-8H2,1H3;3-5H,2H2,1H3/t9-,10+;. The third-order valence-corrected chi connectivity index (χ3v) is 5.83. The summed E-state index contributed by atoms with van der Waals surface area (Å²) in [6, 6.07) is 8.39. The topological polar surface area (TPSA) is 104 Å². The molecule has 1 saturated heterocycles. The lowest BCUT2D eigenvalue weighted by atomic mass is 10.2. The predicted octanol–water partition coefficient (Wildman–Crippen LogP) is 1.71. The third-order valence-electron chi connectivity index (χ3n) is 5.83. The van der Waals surface area contributed by atoms with Crippen LogP contribution in [-0.2, 0) is 13.6 Å². The first-order valence-corrected chi connectivity index (χ1v) is 10.1. The number of rotatable bonds is 4. The molecule has 1 aliphatic heterocycles. The van der Waals surface area contributed by atoms with Crippen molar-refractivity contribution in [2.45, 2.75) is 13.0 Å². The number of piperidine rings is 1. The van der Waals surface area contributed by atoms with Gasteiger partial charge in [-0.3, -0.25) is 9.36 Å². The van der Waals surface area contributed by atoms with Crippen molar-refractivity contribution in [3.8, 4) is 5.75 Å². The number of ether oxygens (including phenoxy) is 1. The number of benzene rings is 1. The molecule has 0 spiro atoms. The molecular formula is C21H23N7O3. The summed E-state index contributed by atoms with van der Waals surface area (Å²) in [4.78, 5) is 26.5. The SMILES string of the molecule is COc1ccc(N2C[C@H]3C[C@H]3C2)cc1.Cn1cnc2ncn(Cc3ncno3)c(=O)c21. The average molecular weight is 421 g/mol. The Bertz CT molecular complexity index is 1220. The average Bonchev–Trinajstić information content (AvgIpc) is 3.18. The highest BCUT2D eigenvalue weighted by Gasteiger charge is 2.44. The van der Waals surface area contributed by atoms with Gasteiger partial charge in [0.2, 0.25) is 5.89 Å². The predicted molar refractivity (Wildman–Crippen MR) is 113 cm³/mol. The minimum absolute atomic E-state index is 0.187. The molecule has 31 heavy (non-hydrogen) atoms. The van der Waals surface area contributed by atoms with Crippen LogP contribution >= 0.6 is 0 Å². The minimum atomic E-state index is -0.187. The van der Waals surface area contributed by atoms with Crippen LogP contribution in [0.3, 0.4) is 0 Å². The second kappa shape index (κ2) is 7.86. The minimum Gasteiger partial charge on any atom is -0.497 e. The van der Waals surface area contributed by atoms with Crippen LogP contribution in [0.15, 0.2) is 52.6 Å². The van der Waals surface area contributed by atoms with Gasteiger partial charge in [0.15, 0.2) is 17.5 Å². The zero-order valence-corrected chi connectivity index (χ0v) is 17.4. The van der Waals surface area contributed by atoms with Gasteiger partial charge in [-0.2, -0.15) is 4.98 Å². The van der Waals surface area contributed by atoms with Gasteiger partial charge in [-0.1, -0.05) is 5.16 Å². The van der Waals surface area contributed by atoms with Crippen LogP contribution in [-0.4, -0.2) is 49.4 Å². The lowest BCUT2D eigenvalue weighted by Crippen LogP contribution is -2.22. The van der Waals surface area contributed by atoms with E-state index >= 15 is 0 Å². The van der Waals surface area contributed by atoms with Gasteiger partial charge in [0.25, 0.3) is 5.56 Å². The molecule has 4 aromatic rings. The highest BCUT2D eigenvalue weighted by Crippen LogP contribution is 2.46. The van der Waals surface area contributed by atoms with Crippen LogP contribution < -0.4 is 15.2 Å². The fourth-order valence-corrected chi connectivity index (χ4v) is 4.00. The number of aryl methyl sites for hydroxylation is 1. The molecule has 0 unspecified atom stereocenters. The molecule has 10 nitrogen and oxygen atoms in total. The first-order chi connectivity index (χ1) is 15.1. The van der Waals surface area contributed by atoms with Gasteiger partial charge in [-0.25, -0.2) is 9.97 Å². The summed E-state index contributed by atoms with van der Waals surface area (Å²) in [5.41, 5.74) is 2.04. The number of fused-ring (bicyclic) bond motifs is 2. The maximum Gasteiger partial charge on any atom is 0.280 e. The maximum absolute atomic E-state index is 12.1. The number of hydrogen-bond donors (Lipinski definition) is 0. The van der Waals surface area contributed by atoms with Crippen molar-refractivity contribution >= 4 is 16.9 Å². The molecule has 3 aromatic heterocycles. The zero-order valence-electron chi connectivity index (χ0n) is 17.4. The van der Waals surface area contributed by atoms with E-state index in [9.17, 15) is 4.79 Å². The number of methoxy groups -OCH3 is 1. The van der Waals surface area contributed by atoms with Gasteiger partial charge >= 0.3 is 0 Å². The normalized spacial score (nSPS) is 19.1. The van der Waals surface area contributed by atoms with Crippen molar-refractivity contribution in [1.29, 1.82) is 0 Å². The van der Waals surface area contributed by atoms with Crippen molar-refractivity contribution in [2.75, 3.05) is 25.1 Å². The highest BCUT2D eigenvalue weighted by atomic mass is 16.5. The Morgan fingerprint density at radius 3 is 2.52 bits per heavy atom. The van der Waals surface area contributed by atoms with E-state index in [2.05, 4.69) is 37.1 Å². The van der Waals surface area contributed by atoms with Crippen LogP contribution in [0.2, 0.25) is 0 Å². The Labute approximate surface area is 178 Å². The molecule has 2 aliphatic rings. The Morgan fingerprint density at radius 2 is 1.84 bits per heavy atom. The van der Waals surface area contributed by atoms with Crippen molar-refractivity contribution in [3.63, 3.8) is 0 Å². The molecule has 2 atom stereocenters. The summed E-state index contributed by atoms with van der Waals surface area (Å²) in [6.07, 6.45) is 5.72. The first-order valence-electron chi connectivity index (χ1n) is 10.1. The summed E-state index contributed by atoms with van der Waals surface area (Å²) < 4.78 is 13.0. The molecule has 10 heteroatoms. The summed E-state index contributed by atoms with van der Waals surface area (Å²) in [6.45, 7) is 2.72. The van der Waals surface area contributed by atoms with Crippen LogP contribution in [0.1, 0.15) is 12.3 Å². The van der Waals surface area contributed by atoms with Crippen molar-refractivity contribution < 1.29 is 9.26 Å². The Kier molecular flexibility index (Phi) is 4.89. The second-order valence-electron chi connectivity index (χ2n) is 7.90. The van der Waals surface area contributed by atoms with Crippen LogP contribution in [0, 0.1) is 11.8 Å². The quantitative estimate of drug-likeness (QED) is 0.491. The van der Waals surface area contributed by atoms with Crippen molar-refractivity contribution in [3.05, 3.63) is 59.5 Å². The number of imidazole rings is 1. The summed E-state index contributed by atoms with van der Waals surface area (Å²) in [5.74, 6) is 3.29. The van der Waals surface area contributed by atoms with Crippen LogP contribution in [0.5, 0.6) is 5.75 Å². The first kappa shape index (κ1) is 19.3. The van der Waals surface area contributed by atoms with E-state index in [0.29, 0.717) is 17.1 Å². The fraction of sp³-hybridized carbons (Fsp3) is 0.381. The van der Waals surface area contributed by atoms with E-state index in [4.69, 9.17) is 9.26 Å². The summed E-state index contributed by atoms with van der Waals surface area (Å²) in [7, 11) is 3.45. The van der Waals surface area contributed by atoms with E-state index < -0.39 is 0 Å². The molecule has 0 bridgehead atoms. The van der Waals surface area contributed by atoms with Gasteiger partial charge in [-0.05, 0) is 42.5 Å². The number of aromatic nitrogens is 6. The van der Waals surface area contributed by atoms with E-state index in [1.165, 1.54) is 42.4 Å². The summed E-state index contributed by atoms with van der Waals surface area (Å²) >= 11 is 0. The van der Waals surface area contributed by atoms with E-state index in [0.717, 1.165) is 17.6 Å². The van der Waals surface area contributed by atoms with E-state index in [1.54, 1.807) is 25.1 Å². The Balaban J connectivity index is 0.000000134. The van der Waals surface area contributed by atoms with Gasteiger partial charge in [0, 0.05) is 25.8 Å². The smallest absolute Gasteiger partial charge is 0.280 e. The molecule has 1 aliphatic carbocycles.